The molecule has 3 aromatic rings. The summed E-state index contributed by atoms with van der Waals surface area (Å²) in [6.45, 7) is 21.7. The predicted molar refractivity (Wildman–Crippen MR) is 164 cm³/mol. The first-order chi connectivity index (χ1) is 18.4. The Morgan fingerprint density at radius 3 is 2.38 bits per heavy atom. The molecule has 0 saturated heterocycles. The molecule has 1 amide bonds. The molecule has 3 rings (SSSR count). The summed E-state index contributed by atoms with van der Waals surface area (Å²) in [5, 5.41) is 5.88. The lowest BCUT2D eigenvalue weighted by Gasteiger charge is -2.44. The summed E-state index contributed by atoms with van der Waals surface area (Å²) in [7, 11) is -2.19. The number of nitrogens with two attached hydrogens (primary N) is 1. The maximum absolute atomic E-state index is 11.3. The summed E-state index contributed by atoms with van der Waals surface area (Å²) >= 11 is 6.64. The number of aromatic nitrogens is 3. The van der Waals surface area contributed by atoms with Gasteiger partial charge in [-0.25, -0.2) is 14.5 Å². The lowest BCUT2D eigenvalue weighted by molar-refractivity contribution is -0.0302. The number of halogens is 1. The van der Waals surface area contributed by atoms with Gasteiger partial charge < -0.3 is 19.6 Å². The second kappa shape index (κ2) is 12.1. The van der Waals surface area contributed by atoms with Crippen LogP contribution in [0.5, 0.6) is 5.75 Å². The van der Waals surface area contributed by atoms with Crippen LogP contribution in [0.2, 0.25) is 23.2 Å². The smallest absolute Gasteiger partial charge is 0.404 e. The number of hydrogen-bond acceptors (Lipinski definition) is 6. The molecule has 40 heavy (non-hydrogen) atoms. The molecule has 0 radical (unpaired) electrons. The molecular weight excluding hydrogens is 544 g/mol. The number of ether oxygens (including phenoxy) is 2. The van der Waals surface area contributed by atoms with Crippen LogP contribution in [-0.2, 0) is 9.16 Å². The third kappa shape index (κ3) is 7.56. The molecule has 2 N–H and O–H groups in total. The molecule has 0 saturated carbocycles. The molecule has 2 atom stereocenters. The highest BCUT2D eigenvalue weighted by molar-refractivity contribution is 6.74. The van der Waals surface area contributed by atoms with E-state index in [0.717, 1.165) is 22.3 Å². The van der Waals surface area contributed by atoms with Crippen molar-refractivity contribution in [1.82, 2.24) is 14.8 Å². The molecule has 0 bridgehead atoms. The van der Waals surface area contributed by atoms with Gasteiger partial charge in [-0.1, -0.05) is 65.3 Å². The standard InChI is InChI=1S/C30H45ClN4O4Si/c1-19(2)35-27-22(18-33-35)23(31)17-24(34-27)20-12-11-13-21(16-20)38-26(29(3,4)5)25(14-15-37-28(32)36)39-40(9,10)30(6,7)8/h11-13,16-19,25-26H,14-15H2,1-10H3,(H2,32,36). The number of carbonyl (C=O) groups excluding carboxylic acids is 1. The number of benzene rings is 1. The van der Waals surface area contributed by atoms with Crippen LogP contribution in [0.15, 0.2) is 36.5 Å². The minimum Gasteiger partial charge on any atom is -0.487 e. The zero-order valence-electron chi connectivity index (χ0n) is 25.5. The maximum atomic E-state index is 11.3. The van der Waals surface area contributed by atoms with Crippen LogP contribution in [0, 0.1) is 5.41 Å². The molecule has 2 heterocycles. The third-order valence-corrected chi connectivity index (χ3v) is 12.3. The number of pyridine rings is 1. The number of carbonyl (C=O) groups is 1. The van der Waals surface area contributed by atoms with Crippen molar-refractivity contribution in [2.24, 2.45) is 11.1 Å². The van der Waals surface area contributed by atoms with Gasteiger partial charge >= 0.3 is 6.09 Å². The summed E-state index contributed by atoms with van der Waals surface area (Å²) in [4.78, 5) is 16.2. The first-order valence-electron chi connectivity index (χ1n) is 13.8. The van der Waals surface area contributed by atoms with Crippen LogP contribution in [-0.4, -0.2) is 48.0 Å². The van der Waals surface area contributed by atoms with E-state index in [1.807, 2.05) is 35.0 Å². The number of nitrogens with zero attached hydrogens (tertiary/aromatic N) is 3. The molecule has 2 unspecified atom stereocenters. The summed E-state index contributed by atoms with van der Waals surface area (Å²) < 4.78 is 20.6. The predicted octanol–water partition coefficient (Wildman–Crippen LogP) is 8.00. The fourth-order valence-electron chi connectivity index (χ4n) is 4.29. The number of amides is 1. The van der Waals surface area contributed by atoms with E-state index in [1.165, 1.54) is 0 Å². The summed E-state index contributed by atoms with van der Waals surface area (Å²) in [6.07, 6.45) is 0.758. The molecule has 10 heteroatoms. The van der Waals surface area contributed by atoms with Gasteiger partial charge in [0.15, 0.2) is 14.0 Å². The average molecular weight is 589 g/mol. The lowest BCUT2D eigenvalue weighted by Crippen LogP contribution is -2.52. The topological polar surface area (TPSA) is 101 Å². The molecule has 1 aromatic carbocycles. The largest absolute Gasteiger partial charge is 0.487 e. The fraction of sp³-hybridized carbons (Fsp3) is 0.567. The Balaban J connectivity index is 1.99. The molecule has 220 valence electrons. The fourth-order valence-corrected chi connectivity index (χ4v) is 5.88. The minimum atomic E-state index is -2.19. The number of fused-ring (bicyclic) bond motifs is 1. The SMILES string of the molecule is CC(C)n1ncc2c(Cl)cc(-c3cccc(OC(C(CCOC(N)=O)O[Si](C)(C)C(C)(C)C)C(C)(C)C)c3)nc21. The Labute approximate surface area is 244 Å². The molecule has 0 aliphatic heterocycles. The van der Waals surface area contributed by atoms with Crippen molar-refractivity contribution in [3.63, 3.8) is 0 Å². The Hall–Kier alpha value is -2.62. The Kier molecular flexibility index (Phi) is 9.64. The van der Waals surface area contributed by atoms with Crippen LogP contribution >= 0.6 is 11.6 Å². The van der Waals surface area contributed by atoms with Crippen molar-refractivity contribution in [3.8, 4) is 17.0 Å². The number of hydrogen-bond donors (Lipinski definition) is 1. The van der Waals surface area contributed by atoms with Gasteiger partial charge in [-0.2, -0.15) is 5.10 Å². The van der Waals surface area contributed by atoms with Gasteiger partial charge in [0.05, 0.1) is 35.0 Å². The van der Waals surface area contributed by atoms with E-state index in [4.69, 9.17) is 36.2 Å². The van der Waals surface area contributed by atoms with Gasteiger partial charge in [0.25, 0.3) is 0 Å². The van der Waals surface area contributed by atoms with Crippen molar-refractivity contribution in [2.75, 3.05) is 6.61 Å². The van der Waals surface area contributed by atoms with Crippen LogP contribution in [0.3, 0.4) is 0 Å². The Bertz CT molecular complexity index is 1330. The highest BCUT2D eigenvalue weighted by Gasteiger charge is 2.44. The molecule has 0 aliphatic rings. The van der Waals surface area contributed by atoms with Gasteiger partial charge in [-0.05, 0) is 50.2 Å². The van der Waals surface area contributed by atoms with Gasteiger partial charge in [0.1, 0.15) is 11.9 Å². The molecule has 0 aliphatic carbocycles. The van der Waals surface area contributed by atoms with E-state index in [0.29, 0.717) is 17.2 Å². The van der Waals surface area contributed by atoms with E-state index in [1.54, 1.807) is 6.20 Å². The number of primary amides is 1. The molecule has 0 spiro atoms. The zero-order chi connectivity index (χ0) is 30.0. The van der Waals surface area contributed by atoms with Crippen LogP contribution in [0.4, 0.5) is 4.79 Å². The van der Waals surface area contributed by atoms with Crippen LogP contribution < -0.4 is 10.5 Å². The van der Waals surface area contributed by atoms with Crippen molar-refractivity contribution >= 4 is 37.0 Å². The van der Waals surface area contributed by atoms with E-state index < -0.39 is 14.4 Å². The van der Waals surface area contributed by atoms with Crippen molar-refractivity contribution in [1.29, 1.82) is 0 Å². The molecule has 2 aromatic heterocycles. The van der Waals surface area contributed by atoms with Crippen molar-refractivity contribution in [2.45, 2.75) is 98.2 Å². The summed E-state index contributed by atoms with van der Waals surface area (Å²) in [5.74, 6) is 0.687. The quantitative estimate of drug-likeness (QED) is 0.241. The summed E-state index contributed by atoms with van der Waals surface area (Å²) in [5.41, 5.74) is 7.32. The van der Waals surface area contributed by atoms with Crippen molar-refractivity contribution < 1.29 is 18.7 Å². The van der Waals surface area contributed by atoms with Crippen LogP contribution in [0.25, 0.3) is 22.3 Å². The normalized spacial score (nSPS) is 14.4. The molecular formula is C30H45ClN4O4Si. The summed E-state index contributed by atoms with van der Waals surface area (Å²) in [6, 6.07) is 9.86. The Morgan fingerprint density at radius 2 is 1.80 bits per heavy atom. The minimum absolute atomic E-state index is 0.00969. The van der Waals surface area contributed by atoms with Gasteiger partial charge in [0.2, 0.25) is 0 Å². The molecule has 8 nitrogen and oxygen atoms in total. The zero-order valence-corrected chi connectivity index (χ0v) is 27.3. The second-order valence-electron chi connectivity index (χ2n) is 13.2. The van der Waals surface area contributed by atoms with Gasteiger partial charge in [-0.15, -0.1) is 0 Å². The number of rotatable bonds is 10. The monoisotopic (exact) mass is 588 g/mol. The van der Waals surface area contributed by atoms with Gasteiger partial charge in [-0.3, -0.25) is 0 Å². The van der Waals surface area contributed by atoms with E-state index in [-0.39, 0.29) is 35.3 Å². The lowest BCUT2D eigenvalue weighted by atomic mass is 9.84. The second-order valence-corrected chi connectivity index (χ2v) is 18.4. The van der Waals surface area contributed by atoms with E-state index in [9.17, 15) is 4.79 Å². The highest BCUT2D eigenvalue weighted by Crippen LogP contribution is 2.40. The molecule has 0 fully saturated rings. The first kappa shape index (κ1) is 31.9. The third-order valence-electron chi connectivity index (χ3n) is 7.49. The van der Waals surface area contributed by atoms with E-state index >= 15 is 0 Å². The van der Waals surface area contributed by atoms with Gasteiger partial charge in [0, 0.05) is 23.4 Å². The highest BCUT2D eigenvalue weighted by atomic mass is 35.5. The van der Waals surface area contributed by atoms with Crippen molar-refractivity contribution in [3.05, 3.63) is 41.6 Å². The average Bonchev–Trinajstić information content (AvgIpc) is 3.25. The van der Waals surface area contributed by atoms with Crippen LogP contribution in [0.1, 0.15) is 67.9 Å². The Morgan fingerprint density at radius 1 is 1.12 bits per heavy atom. The van der Waals surface area contributed by atoms with E-state index in [2.05, 4.69) is 73.6 Å². The maximum Gasteiger partial charge on any atom is 0.404 e. The first-order valence-corrected chi connectivity index (χ1v) is 17.1.